The number of rotatable bonds is 6. The molecular weight excluding hydrogens is 206 g/mol. The summed E-state index contributed by atoms with van der Waals surface area (Å²) in [6, 6.07) is 0. The quantitative estimate of drug-likeness (QED) is 0.806. The standard InChI is InChI=1S/C11H19N3O2/c1-4-7-14-10(8(5-2)6-3)9(11(15)16)12-13-14/h8H,4-7H2,1-3H3,(H,15,16). The summed E-state index contributed by atoms with van der Waals surface area (Å²) in [5.74, 6) is -0.753. The van der Waals surface area contributed by atoms with Crippen LogP contribution in [-0.2, 0) is 6.54 Å². The van der Waals surface area contributed by atoms with Gasteiger partial charge in [-0.15, -0.1) is 5.10 Å². The van der Waals surface area contributed by atoms with Crippen LogP contribution in [0.5, 0.6) is 0 Å². The van der Waals surface area contributed by atoms with E-state index in [1.165, 1.54) is 0 Å². The van der Waals surface area contributed by atoms with E-state index in [4.69, 9.17) is 5.11 Å². The van der Waals surface area contributed by atoms with Crippen molar-refractivity contribution in [3.63, 3.8) is 0 Å². The van der Waals surface area contributed by atoms with Gasteiger partial charge in [0.15, 0.2) is 5.69 Å². The highest BCUT2D eigenvalue weighted by Gasteiger charge is 2.23. The Morgan fingerprint density at radius 2 is 2.00 bits per heavy atom. The molecule has 90 valence electrons. The van der Waals surface area contributed by atoms with Gasteiger partial charge in [0.2, 0.25) is 0 Å². The Labute approximate surface area is 95.5 Å². The van der Waals surface area contributed by atoms with E-state index in [9.17, 15) is 4.79 Å². The molecule has 5 heteroatoms. The maximum absolute atomic E-state index is 11.1. The van der Waals surface area contributed by atoms with Crippen LogP contribution in [0.1, 0.15) is 62.1 Å². The topological polar surface area (TPSA) is 68.0 Å². The van der Waals surface area contributed by atoms with E-state index in [1.54, 1.807) is 4.68 Å². The fraction of sp³-hybridized carbons (Fsp3) is 0.727. The first-order valence-corrected chi connectivity index (χ1v) is 5.82. The van der Waals surface area contributed by atoms with Gasteiger partial charge in [0, 0.05) is 12.5 Å². The van der Waals surface area contributed by atoms with Crippen LogP contribution >= 0.6 is 0 Å². The maximum atomic E-state index is 11.1. The average molecular weight is 225 g/mol. The summed E-state index contributed by atoms with van der Waals surface area (Å²) in [6.45, 7) is 6.89. The summed E-state index contributed by atoms with van der Waals surface area (Å²) in [7, 11) is 0. The predicted molar refractivity (Wildman–Crippen MR) is 60.6 cm³/mol. The molecule has 1 heterocycles. The molecule has 1 aromatic heterocycles. The zero-order valence-corrected chi connectivity index (χ0v) is 10.1. The molecular formula is C11H19N3O2. The molecule has 0 atom stereocenters. The van der Waals surface area contributed by atoms with Gasteiger partial charge in [0.25, 0.3) is 0 Å². The molecule has 16 heavy (non-hydrogen) atoms. The number of carboxylic acid groups (broad SMARTS) is 1. The van der Waals surface area contributed by atoms with Gasteiger partial charge >= 0.3 is 5.97 Å². The van der Waals surface area contributed by atoms with E-state index in [0.717, 1.165) is 31.5 Å². The molecule has 0 aliphatic heterocycles. The first kappa shape index (κ1) is 12.7. The van der Waals surface area contributed by atoms with E-state index in [-0.39, 0.29) is 11.6 Å². The first-order chi connectivity index (χ1) is 7.65. The molecule has 0 spiro atoms. The van der Waals surface area contributed by atoms with Crippen molar-refractivity contribution in [1.82, 2.24) is 15.0 Å². The lowest BCUT2D eigenvalue weighted by molar-refractivity contribution is 0.0688. The van der Waals surface area contributed by atoms with Crippen LogP contribution < -0.4 is 0 Å². The molecule has 0 unspecified atom stereocenters. The summed E-state index contributed by atoms with van der Waals surface area (Å²) in [4.78, 5) is 11.1. The second-order valence-electron chi connectivity index (χ2n) is 3.87. The third-order valence-corrected chi connectivity index (χ3v) is 2.78. The maximum Gasteiger partial charge on any atom is 0.358 e. The number of carbonyl (C=O) groups is 1. The molecule has 1 aromatic rings. The van der Waals surface area contributed by atoms with E-state index < -0.39 is 5.97 Å². The third-order valence-electron chi connectivity index (χ3n) is 2.78. The monoisotopic (exact) mass is 225 g/mol. The molecule has 0 aliphatic carbocycles. The van der Waals surface area contributed by atoms with Gasteiger partial charge in [-0.1, -0.05) is 26.0 Å². The van der Waals surface area contributed by atoms with Crippen LogP contribution in [0.3, 0.4) is 0 Å². The summed E-state index contributed by atoms with van der Waals surface area (Å²) in [6.07, 6.45) is 2.75. The normalized spacial score (nSPS) is 11.0. The Balaban J connectivity index is 3.17. The average Bonchev–Trinajstić information content (AvgIpc) is 2.65. The first-order valence-electron chi connectivity index (χ1n) is 5.82. The summed E-state index contributed by atoms with van der Waals surface area (Å²) in [5.41, 5.74) is 0.890. The molecule has 1 N–H and O–H groups in total. The van der Waals surface area contributed by atoms with E-state index >= 15 is 0 Å². The molecule has 0 amide bonds. The zero-order chi connectivity index (χ0) is 12.1. The van der Waals surface area contributed by atoms with Crippen molar-refractivity contribution in [2.45, 2.75) is 52.5 Å². The summed E-state index contributed by atoms with van der Waals surface area (Å²) in [5, 5.41) is 16.8. The predicted octanol–water partition coefficient (Wildman–Crippen LogP) is 2.29. The minimum Gasteiger partial charge on any atom is -0.476 e. The van der Waals surface area contributed by atoms with Crippen LogP contribution in [0, 0.1) is 0 Å². The summed E-state index contributed by atoms with van der Waals surface area (Å²) < 4.78 is 1.74. The fourth-order valence-electron chi connectivity index (χ4n) is 1.93. The molecule has 0 fully saturated rings. The number of aromatic nitrogens is 3. The van der Waals surface area contributed by atoms with E-state index in [2.05, 4.69) is 24.2 Å². The Morgan fingerprint density at radius 3 is 2.44 bits per heavy atom. The third kappa shape index (κ3) is 2.40. The Kier molecular flexibility index (Phi) is 4.46. The minimum atomic E-state index is -0.982. The second kappa shape index (κ2) is 5.63. The largest absolute Gasteiger partial charge is 0.476 e. The summed E-state index contributed by atoms with van der Waals surface area (Å²) >= 11 is 0. The molecule has 0 bridgehead atoms. The highest BCUT2D eigenvalue weighted by atomic mass is 16.4. The number of hydrogen-bond donors (Lipinski definition) is 1. The van der Waals surface area contributed by atoms with Gasteiger partial charge in [0.05, 0.1) is 5.69 Å². The molecule has 1 rings (SSSR count). The lowest BCUT2D eigenvalue weighted by Gasteiger charge is -2.14. The number of aryl methyl sites for hydroxylation is 1. The SMILES string of the molecule is CCCn1nnc(C(=O)O)c1C(CC)CC. The van der Waals surface area contributed by atoms with Crippen molar-refractivity contribution in [3.05, 3.63) is 11.4 Å². The smallest absolute Gasteiger partial charge is 0.358 e. The Hall–Kier alpha value is -1.39. The van der Waals surface area contributed by atoms with Crippen molar-refractivity contribution in [1.29, 1.82) is 0 Å². The molecule has 0 aromatic carbocycles. The molecule has 0 aliphatic rings. The highest BCUT2D eigenvalue weighted by molar-refractivity contribution is 5.86. The van der Waals surface area contributed by atoms with Crippen molar-refractivity contribution < 1.29 is 9.90 Å². The molecule has 0 saturated carbocycles. The zero-order valence-electron chi connectivity index (χ0n) is 10.1. The molecule has 0 saturated heterocycles. The van der Waals surface area contributed by atoms with Gasteiger partial charge in [0.1, 0.15) is 0 Å². The van der Waals surface area contributed by atoms with Crippen LogP contribution in [0.25, 0.3) is 0 Å². The Bertz CT molecular complexity index is 356. The lowest BCUT2D eigenvalue weighted by Crippen LogP contribution is -2.12. The van der Waals surface area contributed by atoms with Crippen LogP contribution in [0.4, 0.5) is 0 Å². The number of hydrogen-bond acceptors (Lipinski definition) is 3. The van der Waals surface area contributed by atoms with Crippen molar-refractivity contribution in [2.75, 3.05) is 0 Å². The lowest BCUT2D eigenvalue weighted by atomic mass is 9.97. The van der Waals surface area contributed by atoms with Crippen molar-refractivity contribution in [2.24, 2.45) is 0 Å². The van der Waals surface area contributed by atoms with Crippen LogP contribution in [0.2, 0.25) is 0 Å². The molecule has 5 nitrogen and oxygen atoms in total. The van der Waals surface area contributed by atoms with Crippen molar-refractivity contribution >= 4 is 5.97 Å². The minimum absolute atomic E-state index is 0.113. The molecule has 0 radical (unpaired) electrons. The van der Waals surface area contributed by atoms with Crippen molar-refractivity contribution in [3.8, 4) is 0 Å². The number of nitrogens with zero attached hydrogens (tertiary/aromatic N) is 3. The van der Waals surface area contributed by atoms with Crippen LogP contribution in [0.15, 0.2) is 0 Å². The number of aromatic carboxylic acids is 1. The van der Waals surface area contributed by atoms with Gasteiger partial charge in [-0.2, -0.15) is 0 Å². The second-order valence-corrected chi connectivity index (χ2v) is 3.87. The van der Waals surface area contributed by atoms with Gasteiger partial charge in [-0.25, -0.2) is 9.48 Å². The highest BCUT2D eigenvalue weighted by Crippen LogP contribution is 2.25. The van der Waals surface area contributed by atoms with Gasteiger partial charge < -0.3 is 5.11 Å². The fourth-order valence-corrected chi connectivity index (χ4v) is 1.93. The van der Waals surface area contributed by atoms with E-state index in [0.29, 0.717) is 0 Å². The Morgan fingerprint density at radius 1 is 1.38 bits per heavy atom. The van der Waals surface area contributed by atoms with Crippen LogP contribution in [-0.4, -0.2) is 26.1 Å². The number of carboxylic acids is 1. The van der Waals surface area contributed by atoms with Gasteiger partial charge in [-0.05, 0) is 19.3 Å². The van der Waals surface area contributed by atoms with E-state index in [1.807, 2.05) is 6.92 Å². The van der Waals surface area contributed by atoms with Gasteiger partial charge in [-0.3, -0.25) is 0 Å².